The molecule has 2 nitrogen and oxygen atoms in total. The molecule has 1 saturated heterocycles. The Kier molecular flexibility index (Phi) is 3.46. The van der Waals surface area contributed by atoms with Crippen LogP contribution in [0.4, 0.5) is 0 Å². The quantitative estimate of drug-likeness (QED) is 0.724. The molecule has 0 N–H and O–H groups in total. The van der Waals surface area contributed by atoms with E-state index in [9.17, 15) is 0 Å². The van der Waals surface area contributed by atoms with Crippen LogP contribution in [0.2, 0.25) is 0 Å². The van der Waals surface area contributed by atoms with E-state index in [1.807, 2.05) is 0 Å². The highest BCUT2D eigenvalue weighted by molar-refractivity contribution is 5.87. The average molecular weight is 242 g/mol. The first-order chi connectivity index (χ1) is 8.83. The van der Waals surface area contributed by atoms with E-state index in [0.29, 0.717) is 5.92 Å². The van der Waals surface area contributed by atoms with E-state index in [2.05, 4.69) is 47.1 Å². The molecule has 0 aliphatic carbocycles. The van der Waals surface area contributed by atoms with Gasteiger partial charge < -0.3 is 0 Å². The topological polar surface area (TPSA) is 15.4 Å². The molecule has 0 saturated carbocycles. The first-order valence-electron chi connectivity index (χ1n) is 7.14. The highest BCUT2D eigenvalue weighted by Crippen LogP contribution is 2.28. The van der Waals surface area contributed by atoms with Crippen molar-refractivity contribution in [3.8, 4) is 0 Å². The van der Waals surface area contributed by atoms with E-state index in [0.717, 1.165) is 19.1 Å². The van der Waals surface area contributed by atoms with Crippen molar-refractivity contribution >= 4 is 5.71 Å². The third-order valence-corrected chi connectivity index (χ3v) is 4.16. The van der Waals surface area contributed by atoms with Gasteiger partial charge in [0.15, 0.2) is 0 Å². The van der Waals surface area contributed by atoms with Gasteiger partial charge in [0, 0.05) is 31.4 Å². The van der Waals surface area contributed by atoms with Gasteiger partial charge in [-0.05, 0) is 30.7 Å². The van der Waals surface area contributed by atoms with Gasteiger partial charge in [0.2, 0.25) is 0 Å². The van der Waals surface area contributed by atoms with Gasteiger partial charge in [0.1, 0.15) is 0 Å². The van der Waals surface area contributed by atoms with E-state index in [1.165, 1.54) is 37.1 Å². The molecule has 3 atom stereocenters. The molecule has 1 aromatic carbocycles. The summed E-state index contributed by atoms with van der Waals surface area (Å²) >= 11 is 0. The minimum Gasteiger partial charge on any atom is -0.294 e. The van der Waals surface area contributed by atoms with Crippen molar-refractivity contribution in [3.63, 3.8) is 0 Å². The normalized spacial score (nSPS) is 27.9. The number of benzene rings is 1. The van der Waals surface area contributed by atoms with Crippen LogP contribution in [0.1, 0.15) is 31.7 Å². The lowest BCUT2D eigenvalue weighted by molar-refractivity contribution is 0.468. The lowest BCUT2D eigenvalue weighted by atomic mass is 9.98. The number of rotatable bonds is 5. The summed E-state index contributed by atoms with van der Waals surface area (Å²) in [5.41, 5.74) is 2.91. The largest absolute Gasteiger partial charge is 0.294 e. The first-order valence-corrected chi connectivity index (χ1v) is 7.14. The number of hydrogen-bond donors (Lipinski definition) is 0. The highest BCUT2D eigenvalue weighted by Gasteiger charge is 2.35. The fourth-order valence-corrected chi connectivity index (χ4v) is 2.97. The molecule has 3 unspecified atom stereocenters. The zero-order chi connectivity index (χ0) is 12.4. The van der Waals surface area contributed by atoms with Crippen LogP contribution >= 0.6 is 0 Å². The van der Waals surface area contributed by atoms with Crippen molar-refractivity contribution in [1.29, 1.82) is 0 Å². The summed E-state index contributed by atoms with van der Waals surface area (Å²) in [5.74, 6) is 0.693. The number of hydrogen-bond acceptors (Lipinski definition) is 2. The van der Waals surface area contributed by atoms with Crippen LogP contribution in [0, 0.1) is 5.92 Å². The Labute approximate surface area is 110 Å². The first kappa shape index (κ1) is 11.9. The Hall–Kier alpha value is -1.15. The molecule has 3 rings (SSSR count). The van der Waals surface area contributed by atoms with E-state index in [1.54, 1.807) is 0 Å². The van der Waals surface area contributed by atoms with E-state index < -0.39 is 0 Å². The molecule has 2 heteroatoms. The van der Waals surface area contributed by atoms with Crippen molar-refractivity contribution in [2.45, 2.75) is 38.8 Å². The molecule has 2 aliphatic heterocycles. The highest BCUT2D eigenvalue weighted by atomic mass is 15.3. The van der Waals surface area contributed by atoms with Crippen molar-refractivity contribution in [2.75, 3.05) is 13.1 Å². The fraction of sp³-hybridized carbons (Fsp3) is 0.562. The van der Waals surface area contributed by atoms with Gasteiger partial charge in [-0.15, -0.1) is 0 Å². The summed E-state index contributed by atoms with van der Waals surface area (Å²) in [7, 11) is 0. The lowest BCUT2D eigenvalue weighted by Gasteiger charge is -2.11. The molecule has 2 aliphatic rings. The molecule has 96 valence electrons. The van der Waals surface area contributed by atoms with Crippen LogP contribution in [0.5, 0.6) is 0 Å². The fourth-order valence-electron chi connectivity index (χ4n) is 2.97. The maximum Gasteiger partial charge on any atom is 0.0392 e. The van der Waals surface area contributed by atoms with Gasteiger partial charge in [-0.3, -0.25) is 9.89 Å². The zero-order valence-electron chi connectivity index (χ0n) is 11.2. The van der Waals surface area contributed by atoms with Gasteiger partial charge in [-0.25, -0.2) is 0 Å². The Morgan fingerprint density at radius 3 is 2.89 bits per heavy atom. The van der Waals surface area contributed by atoms with Crippen molar-refractivity contribution in [2.24, 2.45) is 10.9 Å². The lowest BCUT2D eigenvalue weighted by Crippen LogP contribution is -2.13. The van der Waals surface area contributed by atoms with Crippen LogP contribution < -0.4 is 0 Å². The molecular weight excluding hydrogens is 220 g/mol. The average Bonchev–Trinajstić information content (AvgIpc) is 2.92. The second kappa shape index (κ2) is 5.23. The summed E-state index contributed by atoms with van der Waals surface area (Å²) < 4.78 is 0. The molecule has 2 heterocycles. The summed E-state index contributed by atoms with van der Waals surface area (Å²) in [6.07, 6.45) is 3.82. The second-order valence-electron chi connectivity index (χ2n) is 5.68. The standard InChI is InChI=1S/C16H22N2/c1-13(16-8-5-9-17-16)10-15-12-18(15)11-14-6-3-2-4-7-14/h2-4,6-7,13,15H,5,8-12H2,1H3. The minimum absolute atomic E-state index is 0.693. The Morgan fingerprint density at radius 1 is 1.33 bits per heavy atom. The summed E-state index contributed by atoms with van der Waals surface area (Å²) in [5, 5.41) is 0. The number of nitrogens with zero attached hydrogens (tertiary/aromatic N) is 2. The molecule has 18 heavy (non-hydrogen) atoms. The summed E-state index contributed by atoms with van der Waals surface area (Å²) in [6, 6.07) is 11.6. The molecular formula is C16H22N2. The smallest absolute Gasteiger partial charge is 0.0392 e. The SMILES string of the molecule is CC(CC1CN1Cc1ccccc1)C1=NCCC1. The van der Waals surface area contributed by atoms with Crippen molar-refractivity contribution in [1.82, 2.24) is 4.90 Å². The van der Waals surface area contributed by atoms with Crippen LogP contribution in [0.25, 0.3) is 0 Å². The predicted molar refractivity (Wildman–Crippen MR) is 76.0 cm³/mol. The molecule has 1 aromatic rings. The molecule has 0 aromatic heterocycles. The van der Waals surface area contributed by atoms with Crippen LogP contribution in [0.3, 0.4) is 0 Å². The monoisotopic (exact) mass is 242 g/mol. The van der Waals surface area contributed by atoms with Crippen LogP contribution in [-0.4, -0.2) is 29.7 Å². The molecule has 0 amide bonds. The third-order valence-electron chi connectivity index (χ3n) is 4.16. The van der Waals surface area contributed by atoms with E-state index >= 15 is 0 Å². The summed E-state index contributed by atoms with van der Waals surface area (Å²) in [4.78, 5) is 7.19. The molecule has 0 spiro atoms. The van der Waals surface area contributed by atoms with Gasteiger partial charge in [0.05, 0.1) is 0 Å². The van der Waals surface area contributed by atoms with Gasteiger partial charge in [-0.2, -0.15) is 0 Å². The molecule has 0 radical (unpaired) electrons. The molecule has 0 bridgehead atoms. The predicted octanol–water partition coefficient (Wildman–Crippen LogP) is 3.13. The van der Waals surface area contributed by atoms with Gasteiger partial charge >= 0.3 is 0 Å². The Balaban J connectivity index is 1.47. The maximum atomic E-state index is 4.62. The second-order valence-corrected chi connectivity index (χ2v) is 5.68. The van der Waals surface area contributed by atoms with Gasteiger partial charge in [0.25, 0.3) is 0 Å². The van der Waals surface area contributed by atoms with Crippen LogP contribution in [0.15, 0.2) is 35.3 Å². The Bertz CT molecular complexity index is 424. The van der Waals surface area contributed by atoms with Crippen molar-refractivity contribution < 1.29 is 0 Å². The van der Waals surface area contributed by atoms with E-state index in [4.69, 9.17) is 0 Å². The Morgan fingerprint density at radius 2 is 2.17 bits per heavy atom. The van der Waals surface area contributed by atoms with Gasteiger partial charge in [-0.1, -0.05) is 37.3 Å². The van der Waals surface area contributed by atoms with Crippen molar-refractivity contribution in [3.05, 3.63) is 35.9 Å². The number of aliphatic imine (C=N–C) groups is 1. The molecule has 1 fully saturated rings. The minimum atomic E-state index is 0.693. The zero-order valence-corrected chi connectivity index (χ0v) is 11.2. The summed E-state index contributed by atoms with van der Waals surface area (Å²) in [6.45, 7) is 5.80. The maximum absolute atomic E-state index is 4.62. The third kappa shape index (κ3) is 2.81. The van der Waals surface area contributed by atoms with E-state index in [-0.39, 0.29) is 0 Å². The van der Waals surface area contributed by atoms with Crippen LogP contribution in [-0.2, 0) is 6.54 Å².